The highest BCUT2D eigenvalue weighted by Crippen LogP contribution is 2.28. The SMILES string of the molecule is CC1=C(C)SN(S)N1. The molecule has 1 N–H and O–H groups in total. The lowest BCUT2D eigenvalue weighted by Gasteiger charge is -2.03. The maximum Gasteiger partial charge on any atom is 0.0357 e. The second-order valence-electron chi connectivity index (χ2n) is 1.66. The molecule has 0 bridgehead atoms. The van der Waals surface area contributed by atoms with Gasteiger partial charge in [-0.05, 0) is 25.8 Å². The van der Waals surface area contributed by atoms with Gasteiger partial charge in [-0.2, -0.15) is 0 Å². The Morgan fingerprint density at radius 3 is 2.38 bits per heavy atom. The molecule has 0 spiro atoms. The number of hydrogen-bond donors (Lipinski definition) is 2. The van der Waals surface area contributed by atoms with Gasteiger partial charge in [-0.1, -0.05) is 12.8 Å². The number of rotatable bonds is 0. The Bertz CT molecular complexity index is 118. The second-order valence-corrected chi connectivity index (χ2v) is 3.49. The van der Waals surface area contributed by atoms with Crippen molar-refractivity contribution in [2.45, 2.75) is 13.8 Å². The van der Waals surface area contributed by atoms with Crippen LogP contribution in [0.4, 0.5) is 0 Å². The molecule has 0 radical (unpaired) electrons. The predicted octanol–water partition coefficient (Wildman–Crippen LogP) is 1.55. The van der Waals surface area contributed by atoms with Crippen molar-refractivity contribution in [1.29, 1.82) is 0 Å². The Morgan fingerprint density at radius 1 is 1.62 bits per heavy atom. The second kappa shape index (κ2) is 2.21. The molecule has 0 atom stereocenters. The summed E-state index contributed by atoms with van der Waals surface area (Å²) in [6, 6.07) is 0. The van der Waals surface area contributed by atoms with E-state index in [1.807, 2.05) is 6.92 Å². The molecule has 4 heteroatoms. The lowest BCUT2D eigenvalue weighted by Crippen LogP contribution is -2.15. The summed E-state index contributed by atoms with van der Waals surface area (Å²) in [4.78, 5) is 1.28. The predicted molar refractivity (Wildman–Crippen MR) is 39.9 cm³/mol. The zero-order chi connectivity index (χ0) is 6.15. The summed E-state index contributed by atoms with van der Waals surface area (Å²) < 4.78 is 1.69. The fourth-order valence-corrected chi connectivity index (χ4v) is 1.59. The van der Waals surface area contributed by atoms with Crippen LogP contribution in [0.1, 0.15) is 13.8 Å². The first-order valence-corrected chi connectivity index (χ1v) is 3.48. The Hall–Kier alpha value is 0.200. The molecule has 0 aromatic rings. The Kier molecular flexibility index (Phi) is 1.74. The molecule has 0 saturated heterocycles. The van der Waals surface area contributed by atoms with E-state index in [0.717, 1.165) is 0 Å². The molecular formula is C4H8N2S2. The molecular weight excluding hydrogens is 140 g/mol. The van der Waals surface area contributed by atoms with Crippen molar-refractivity contribution in [3.8, 4) is 0 Å². The number of hydrazine groups is 1. The third-order valence-electron chi connectivity index (χ3n) is 1.01. The molecule has 0 unspecified atom stereocenters. The normalized spacial score (nSPS) is 21.9. The van der Waals surface area contributed by atoms with Gasteiger partial charge in [0.25, 0.3) is 0 Å². The van der Waals surface area contributed by atoms with Gasteiger partial charge in [-0.15, -0.1) is 3.82 Å². The first kappa shape index (κ1) is 6.32. The standard InChI is InChI=1S/C4H8N2S2/c1-3-4(2)8-6(7)5-3/h5,7H,1-2H3. The first-order chi connectivity index (χ1) is 3.70. The molecule has 0 saturated carbocycles. The molecule has 0 aromatic carbocycles. The summed E-state index contributed by atoms with van der Waals surface area (Å²) in [6.07, 6.45) is 0. The van der Waals surface area contributed by atoms with Gasteiger partial charge in [0, 0.05) is 10.6 Å². The summed E-state index contributed by atoms with van der Waals surface area (Å²) in [5.74, 6) is 0. The highest BCUT2D eigenvalue weighted by molar-refractivity contribution is 8.08. The summed E-state index contributed by atoms with van der Waals surface area (Å²) in [6.45, 7) is 4.09. The van der Waals surface area contributed by atoms with E-state index >= 15 is 0 Å². The van der Waals surface area contributed by atoms with Crippen molar-refractivity contribution < 1.29 is 0 Å². The van der Waals surface area contributed by atoms with Gasteiger partial charge in [-0.25, -0.2) is 0 Å². The van der Waals surface area contributed by atoms with Crippen LogP contribution in [0.25, 0.3) is 0 Å². The lowest BCUT2D eigenvalue weighted by molar-refractivity contribution is 0.639. The van der Waals surface area contributed by atoms with Gasteiger partial charge in [-0.3, -0.25) is 0 Å². The third kappa shape index (κ3) is 1.13. The van der Waals surface area contributed by atoms with Gasteiger partial charge < -0.3 is 5.43 Å². The van der Waals surface area contributed by atoms with Gasteiger partial charge >= 0.3 is 0 Å². The van der Waals surface area contributed by atoms with Crippen molar-refractivity contribution in [2.75, 3.05) is 0 Å². The van der Waals surface area contributed by atoms with Gasteiger partial charge in [0.1, 0.15) is 0 Å². The van der Waals surface area contributed by atoms with E-state index < -0.39 is 0 Å². The third-order valence-corrected chi connectivity index (χ3v) is 2.20. The average Bonchev–Trinajstić information content (AvgIpc) is 1.85. The molecule has 1 aliphatic rings. The Morgan fingerprint density at radius 2 is 2.25 bits per heavy atom. The van der Waals surface area contributed by atoms with Crippen LogP contribution in [0.2, 0.25) is 0 Å². The van der Waals surface area contributed by atoms with E-state index in [0.29, 0.717) is 0 Å². The van der Waals surface area contributed by atoms with E-state index in [1.165, 1.54) is 10.6 Å². The molecule has 1 aliphatic heterocycles. The van der Waals surface area contributed by atoms with Crippen LogP contribution in [0.3, 0.4) is 0 Å². The topological polar surface area (TPSA) is 15.3 Å². The molecule has 0 fully saturated rings. The fourth-order valence-electron chi connectivity index (χ4n) is 0.443. The zero-order valence-electron chi connectivity index (χ0n) is 4.80. The Labute approximate surface area is 59.0 Å². The molecule has 0 aromatic heterocycles. The Balaban J connectivity index is 2.60. The lowest BCUT2D eigenvalue weighted by atomic mass is 10.5. The van der Waals surface area contributed by atoms with Crippen LogP contribution in [0, 0.1) is 0 Å². The van der Waals surface area contributed by atoms with E-state index in [-0.39, 0.29) is 0 Å². The van der Waals surface area contributed by atoms with Gasteiger partial charge in [0.2, 0.25) is 0 Å². The highest BCUT2D eigenvalue weighted by Gasteiger charge is 2.11. The van der Waals surface area contributed by atoms with Crippen LogP contribution in [0.15, 0.2) is 10.6 Å². The number of allylic oxidation sites excluding steroid dienone is 2. The fraction of sp³-hybridized carbons (Fsp3) is 0.500. The number of hydrogen-bond acceptors (Lipinski definition) is 4. The van der Waals surface area contributed by atoms with E-state index in [9.17, 15) is 0 Å². The zero-order valence-corrected chi connectivity index (χ0v) is 6.51. The minimum atomic E-state index is 1.19. The summed E-state index contributed by atoms with van der Waals surface area (Å²) in [5, 5.41) is 0. The van der Waals surface area contributed by atoms with Crippen molar-refractivity contribution in [3.05, 3.63) is 10.6 Å². The van der Waals surface area contributed by atoms with E-state index in [2.05, 4.69) is 25.2 Å². The van der Waals surface area contributed by atoms with Crippen LogP contribution in [-0.2, 0) is 0 Å². The monoisotopic (exact) mass is 148 g/mol. The molecule has 0 aliphatic carbocycles. The summed E-state index contributed by atoms with van der Waals surface area (Å²) in [5.41, 5.74) is 4.19. The van der Waals surface area contributed by atoms with E-state index in [1.54, 1.807) is 15.8 Å². The van der Waals surface area contributed by atoms with Crippen LogP contribution < -0.4 is 5.43 Å². The minimum Gasteiger partial charge on any atom is -0.303 e. The molecule has 8 heavy (non-hydrogen) atoms. The quantitative estimate of drug-likeness (QED) is 0.400. The van der Waals surface area contributed by atoms with Crippen LogP contribution in [-0.4, -0.2) is 3.82 Å². The van der Waals surface area contributed by atoms with E-state index in [4.69, 9.17) is 0 Å². The van der Waals surface area contributed by atoms with Gasteiger partial charge in [0.05, 0.1) is 0 Å². The molecule has 2 nitrogen and oxygen atoms in total. The van der Waals surface area contributed by atoms with Crippen LogP contribution in [0.5, 0.6) is 0 Å². The number of thiol groups is 1. The molecule has 1 rings (SSSR count). The molecule has 1 heterocycles. The van der Waals surface area contributed by atoms with Crippen molar-refractivity contribution in [1.82, 2.24) is 9.25 Å². The average molecular weight is 148 g/mol. The maximum atomic E-state index is 4.05. The van der Waals surface area contributed by atoms with Crippen molar-refractivity contribution in [2.24, 2.45) is 0 Å². The smallest absolute Gasteiger partial charge is 0.0357 e. The highest BCUT2D eigenvalue weighted by atomic mass is 32.2. The molecule has 0 amide bonds. The largest absolute Gasteiger partial charge is 0.303 e. The number of nitrogens with zero attached hydrogens (tertiary/aromatic N) is 1. The van der Waals surface area contributed by atoms with Crippen molar-refractivity contribution in [3.63, 3.8) is 0 Å². The summed E-state index contributed by atoms with van der Waals surface area (Å²) in [7, 11) is 0. The van der Waals surface area contributed by atoms with Crippen molar-refractivity contribution >= 4 is 24.8 Å². The number of nitrogens with one attached hydrogen (secondary N) is 1. The minimum absolute atomic E-state index is 1.19. The first-order valence-electron chi connectivity index (χ1n) is 2.31. The maximum absolute atomic E-state index is 4.05. The molecule has 46 valence electrons. The van der Waals surface area contributed by atoms with Gasteiger partial charge in [0.15, 0.2) is 0 Å². The summed E-state index contributed by atoms with van der Waals surface area (Å²) >= 11 is 5.65. The van der Waals surface area contributed by atoms with Crippen LogP contribution >= 0.6 is 24.8 Å².